The number of aromatic nitrogens is 3. The quantitative estimate of drug-likeness (QED) is 0.519. The van der Waals surface area contributed by atoms with Crippen molar-refractivity contribution in [2.75, 3.05) is 24.2 Å². The van der Waals surface area contributed by atoms with Crippen molar-refractivity contribution in [2.45, 2.75) is 62.9 Å². The molecule has 10 heteroatoms. The molecule has 170 valence electrons. The number of amides is 1. The highest BCUT2D eigenvalue weighted by molar-refractivity contribution is 7.99. The predicted molar refractivity (Wildman–Crippen MR) is 123 cm³/mol. The average Bonchev–Trinajstić information content (AvgIpc) is 3.41. The van der Waals surface area contributed by atoms with E-state index in [-0.39, 0.29) is 16.6 Å². The lowest BCUT2D eigenvalue weighted by Gasteiger charge is -2.20. The topological polar surface area (TPSA) is 108 Å². The maximum Gasteiger partial charge on any atom is 0.243 e. The van der Waals surface area contributed by atoms with Crippen molar-refractivity contribution in [1.29, 1.82) is 0 Å². The summed E-state index contributed by atoms with van der Waals surface area (Å²) < 4.78 is 27.2. The van der Waals surface area contributed by atoms with Crippen LogP contribution in [-0.4, -0.2) is 52.7 Å². The normalized spacial score (nSPS) is 15.0. The van der Waals surface area contributed by atoms with Crippen LogP contribution in [0.2, 0.25) is 0 Å². The molecule has 0 aliphatic heterocycles. The second-order valence-corrected chi connectivity index (χ2v) is 10.7. The van der Waals surface area contributed by atoms with Crippen molar-refractivity contribution in [3.8, 4) is 0 Å². The Morgan fingerprint density at radius 2 is 1.97 bits per heavy atom. The van der Waals surface area contributed by atoms with Gasteiger partial charge < -0.3 is 5.32 Å². The first-order valence-electron chi connectivity index (χ1n) is 10.8. The van der Waals surface area contributed by atoms with Gasteiger partial charge in [0, 0.05) is 25.2 Å². The lowest BCUT2D eigenvalue weighted by Crippen LogP contribution is -2.31. The van der Waals surface area contributed by atoms with Gasteiger partial charge in [0.05, 0.1) is 10.6 Å². The van der Waals surface area contributed by atoms with Crippen LogP contribution in [0.4, 0.5) is 5.69 Å². The highest BCUT2D eigenvalue weighted by Gasteiger charge is 2.24. The zero-order chi connectivity index (χ0) is 22.4. The number of thioether (sulfide) groups is 1. The van der Waals surface area contributed by atoms with Gasteiger partial charge in [-0.25, -0.2) is 13.4 Å². The Bertz CT molecular complexity index is 996. The Morgan fingerprint density at radius 3 is 2.65 bits per heavy atom. The van der Waals surface area contributed by atoms with Gasteiger partial charge in [-0.15, -0.1) is 5.10 Å². The maximum atomic E-state index is 12.9. The average molecular weight is 466 g/mol. The van der Waals surface area contributed by atoms with E-state index in [9.17, 15) is 13.2 Å². The molecule has 3 rings (SSSR count). The highest BCUT2D eigenvalue weighted by atomic mass is 32.2. The molecule has 1 aliphatic carbocycles. The van der Waals surface area contributed by atoms with Gasteiger partial charge in [-0.2, -0.15) is 4.31 Å². The fourth-order valence-corrected chi connectivity index (χ4v) is 6.23. The van der Waals surface area contributed by atoms with E-state index >= 15 is 0 Å². The van der Waals surface area contributed by atoms with Gasteiger partial charge in [-0.1, -0.05) is 57.4 Å². The van der Waals surface area contributed by atoms with Crippen molar-refractivity contribution < 1.29 is 13.2 Å². The second kappa shape index (κ2) is 10.6. The molecule has 0 unspecified atom stereocenters. The van der Waals surface area contributed by atoms with Crippen LogP contribution >= 0.6 is 11.8 Å². The van der Waals surface area contributed by atoms with E-state index in [1.165, 1.54) is 47.8 Å². The van der Waals surface area contributed by atoms with Crippen molar-refractivity contribution in [3.05, 3.63) is 29.6 Å². The molecule has 8 nitrogen and oxygen atoms in total. The molecule has 0 saturated heterocycles. The number of aryl methyl sites for hydroxylation is 1. The largest absolute Gasteiger partial charge is 0.325 e. The maximum absolute atomic E-state index is 12.9. The van der Waals surface area contributed by atoms with Crippen LogP contribution < -0.4 is 5.32 Å². The number of nitrogens with zero attached hydrogens (tertiary/aromatic N) is 3. The van der Waals surface area contributed by atoms with Crippen molar-refractivity contribution >= 4 is 33.4 Å². The van der Waals surface area contributed by atoms with E-state index in [0.29, 0.717) is 35.4 Å². The fourth-order valence-electron chi connectivity index (χ4n) is 3.91. The molecule has 1 heterocycles. The third-order valence-electron chi connectivity index (χ3n) is 5.60. The van der Waals surface area contributed by atoms with E-state index in [4.69, 9.17) is 0 Å². The molecule has 0 atom stereocenters. The smallest absolute Gasteiger partial charge is 0.243 e. The van der Waals surface area contributed by atoms with Crippen molar-refractivity contribution in [1.82, 2.24) is 19.5 Å². The number of carbonyl (C=O) groups is 1. The molecular weight excluding hydrogens is 434 g/mol. The number of aromatic amines is 1. The van der Waals surface area contributed by atoms with E-state index in [1.807, 2.05) is 13.8 Å². The molecule has 1 saturated carbocycles. The molecule has 31 heavy (non-hydrogen) atoms. The number of carbonyl (C=O) groups excluding carboxylic acids is 1. The van der Waals surface area contributed by atoms with Gasteiger partial charge in [0.15, 0.2) is 0 Å². The van der Waals surface area contributed by atoms with E-state index < -0.39 is 10.0 Å². The number of sulfonamides is 1. The van der Waals surface area contributed by atoms with Gasteiger partial charge in [0.1, 0.15) is 5.82 Å². The first kappa shape index (κ1) is 23.7. The third-order valence-corrected chi connectivity index (χ3v) is 8.63. The zero-order valence-corrected chi connectivity index (χ0v) is 20.0. The molecule has 1 fully saturated rings. The van der Waals surface area contributed by atoms with Crippen LogP contribution in [0.5, 0.6) is 0 Å². The molecule has 1 aliphatic rings. The Morgan fingerprint density at radius 1 is 1.26 bits per heavy atom. The summed E-state index contributed by atoms with van der Waals surface area (Å²) in [5, 5.41) is 10.5. The van der Waals surface area contributed by atoms with Crippen LogP contribution in [-0.2, 0) is 21.2 Å². The summed E-state index contributed by atoms with van der Waals surface area (Å²) in [6.07, 6.45) is 5.98. The van der Waals surface area contributed by atoms with Gasteiger partial charge in [0.2, 0.25) is 21.1 Å². The van der Waals surface area contributed by atoms with Gasteiger partial charge in [-0.05, 0) is 30.5 Å². The van der Waals surface area contributed by atoms with Gasteiger partial charge >= 0.3 is 0 Å². The first-order valence-corrected chi connectivity index (χ1v) is 13.2. The summed E-state index contributed by atoms with van der Waals surface area (Å²) in [5.41, 5.74) is 1.11. The van der Waals surface area contributed by atoms with Gasteiger partial charge in [-0.3, -0.25) is 9.89 Å². The Balaban J connectivity index is 1.59. The van der Waals surface area contributed by atoms with Crippen molar-refractivity contribution in [2.24, 2.45) is 5.92 Å². The molecule has 1 amide bonds. The molecule has 1 aromatic heterocycles. The molecule has 2 N–H and O–H groups in total. The number of H-pyrrole nitrogens is 1. The highest BCUT2D eigenvalue weighted by Crippen LogP contribution is 2.27. The Hall–Kier alpha value is -1.91. The summed E-state index contributed by atoms with van der Waals surface area (Å²) in [4.78, 5) is 17.1. The SMILES string of the molecule is CCN(CC)S(=O)(=O)c1cc(NC(=O)CSc2n[nH]c(CC3CCCC3)n2)ccc1C. The van der Waals surface area contributed by atoms with Crippen LogP contribution in [0, 0.1) is 12.8 Å². The van der Waals surface area contributed by atoms with Crippen LogP contribution in [0.3, 0.4) is 0 Å². The minimum atomic E-state index is -3.60. The number of hydrogen-bond donors (Lipinski definition) is 2. The number of rotatable bonds is 10. The minimum absolute atomic E-state index is 0.146. The zero-order valence-electron chi connectivity index (χ0n) is 18.3. The van der Waals surface area contributed by atoms with E-state index in [0.717, 1.165) is 12.2 Å². The third kappa shape index (κ3) is 6.08. The first-order chi connectivity index (χ1) is 14.8. The summed E-state index contributed by atoms with van der Waals surface area (Å²) >= 11 is 1.26. The summed E-state index contributed by atoms with van der Waals surface area (Å²) in [5.74, 6) is 1.46. The van der Waals surface area contributed by atoms with Crippen LogP contribution in [0.25, 0.3) is 0 Å². The lowest BCUT2D eigenvalue weighted by molar-refractivity contribution is -0.113. The fraction of sp³-hybridized carbons (Fsp3) is 0.571. The standard InChI is InChI=1S/C21H31N5O3S2/c1-4-26(5-2)31(28,29)18-13-17(11-10-15(18)3)22-20(27)14-30-21-23-19(24-25-21)12-16-8-6-7-9-16/h10-11,13,16H,4-9,12,14H2,1-3H3,(H,22,27)(H,23,24,25). The summed E-state index contributed by atoms with van der Waals surface area (Å²) in [6.45, 7) is 6.16. The molecule has 1 aromatic carbocycles. The van der Waals surface area contributed by atoms with E-state index in [1.54, 1.807) is 19.1 Å². The molecule has 2 aromatic rings. The van der Waals surface area contributed by atoms with Crippen LogP contribution in [0.1, 0.15) is 50.9 Å². The lowest BCUT2D eigenvalue weighted by atomic mass is 10.0. The molecule has 0 spiro atoms. The number of anilines is 1. The second-order valence-electron chi connectivity index (χ2n) is 7.83. The number of hydrogen-bond acceptors (Lipinski definition) is 6. The Labute approximate surface area is 188 Å². The molecular formula is C21H31N5O3S2. The predicted octanol–water partition coefficient (Wildman–Crippen LogP) is 3.61. The molecule has 0 bridgehead atoms. The van der Waals surface area contributed by atoms with E-state index in [2.05, 4.69) is 20.5 Å². The Kier molecular flexibility index (Phi) is 8.12. The monoisotopic (exact) mass is 465 g/mol. The summed E-state index contributed by atoms with van der Waals surface area (Å²) in [6, 6.07) is 4.95. The minimum Gasteiger partial charge on any atom is -0.325 e. The summed E-state index contributed by atoms with van der Waals surface area (Å²) in [7, 11) is -3.60. The molecule has 0 radical (unpaired) electrons. The van der Waals surface area contributed by atoms with Crippen molar-refractivity contribution in [3.63, 3.8) is 0 Å². The van der Waals surface area contributed by atoms with Gasteiger partial charge in [0.25, 0.3) is 0 Å². The number of benzene rings is 1. The van der Waals surface area contributed by atoms with Crippen LogP contribution in [0.15, 0.2) is 28.3 Å². The number of nitrogens with one attached hydrogen (secondary N) is 2.